The molecule has 0 bridgehead atoms. The van der Waals surface area contributed by atoms with Crippen molar-refractivity contribution >= 4 is 11.8 Å². The van der Waals surface area contributed by atoms with Crippen LogP contribution in [0.5, 0.6) is 5.75 Å². The summed E-state index contributed by atoms with van der Waals surface area (Å²) in [7, 11) is 0. The minimum Gasteiger partial charge on any atom is -0.493 e. The van der Waals surface area contributed by atoms with Gasteiger partial charge in [-0.1, -0.05) is 13.3 Å². The van der Waals surface area contributed by atoms with Crippen molar-refractivity contribution in [2.45, 2.75) is 57.5 Å². The van der Waals surface area contributed by atoms with Crippen LogP contribution >= 0.6 is 0 Å². The van der Waals surface area contributed by atoms with Gasteiger partial charge in [-0.2, -0.15) is 0 Å². The molecule has 0 unspecified atom stereocenters. The van der Waals surface area contributed by atoms with Crippen LogP contribution in [0.3, 0.4) is 0 Å². The van der Waals surface area contributed by atoms with Gasteiger partial charge in [0.25, 0.3) is 5.91 Å². The number of piperidine rings is 1. The van der Waals surface area contributed by atoms with Gasteiger partial charge in [-0.25, -0.2) is 0 Å². The van der Waals surface area contributed by atoms with Gasteiger partial charge in [-0.05, 0) is 49.9 Å². The zero-order valence-corrected chi connectivity index (χ0v) is 18.2. The summed E-state index contributed by atoms with van der Waals surface area (Å²) in [5, 5.41) is 3.38. The molecule has 4 heterocycles. The molecule has 4 aliphatic heterocycles. The number of hydrogen-bond acceptors (Lipinski definition) is 4. The van der Waals surface area contributed by atoms with E-state index in [4.69, 9.17) is 4.74 Å². The van der Waals surface area contributed by atoms with Crippen molar-refractivity contribution in [1.29, 1.82) is 0 Å². The fourth-order valence-electron chi connectivity index (χ4n) is 6.16. The number of nitrogens with zero attached hydrogens (tertiary/aromatic N) is 2. The lowest BCUT2D eigenvalue weighted by atomic mass is 9.75. The lowest BCUT2D eigenvalue weighted by Crippen LogP contribution is -2.56. The molecule has 1 spiro atoms. The second kappa shape index (κ2) is 7.56. The molecule has 162 valence electrons. The van der Waals surface area contributed by atoms with Gasteiger partial charge in [-0.3, -0.25) is 14.5 Å². The first-order valence-corrected chi connectivity index (χ1v) is 11.6. The molecule has 5 rings (SSSR count). The third-order valence-corrected chi connectivity index (χ3v) is 7.98. The molecule has 4 aliphatic rings. The molecule has 3 saturated heterocycles. The molecule has 6 nitrogen and oxygen atoms in total. The van der Waals surface area contributed by atoms with Crippen molar-refractivity contribution in [1.82, 2.24) is 15.1 Å². The van der Waals surface area contributed by atoms with E-state index in [-0.39, 0.29) is 23.3 Å². The van der Waals surface area contributed by atoms with E-state index in [1.165, 1.54) is 12.8 Å². The molecule has 1 aromatic rings. The number of benzene rings is 1. The number of carbonyl (C=O) groups excluding carboxylic acids is 2. The molecule has 6 heteroatoms. The standard InChI is InChI=1S/C24H33N3O3/c1-3-4-16(2)27-14-19-20(15-27)24(25-22(19)28)8-10-26(11-9-24)23(29)18-5-6-21-17(13-18)7-12-30-21/h5-6,13,16,19-20H,3-4,7-12,14-15H2,1-2H3,(H,25,28)/t16-,19-,20+/m1/s1. The molecule has 3 fully saturated rings. The monoisotopic (exact) mass is 411 g/mol. The predicted molar refractivity (Wildman–Crippen MR) is 115 cm³/mol. The Morgan fingerprint density at radius 2 is 2.10 bits per heavy atom. The third kappa shape index (κ3) is 3.20. The molecule has 3 atom stereocenters. The van der Waals surface area contributed by atoms with Gasteiger partial charge in [0.05, 0.1) is 12.5 Å². The number of ether oxygens (including phenoxy) is 1. The van der Waals surface area contributed by atoms with E-state index in [0.717, 1.165) is 49.2 Å². The van der Waals surface area contributed by atoms with Gasteiger partial charge >= 0.3 is 0 Å². The number of hydrogen-bond donors (Lipinski definition) is 1. The number of rotatable bonds is 4. The van der Waals surface area contributed by atoms with E-state index in [0.29, 0.717) is 31.7 Å². The Kier molecular flexibility index (Phi) is 5.00. The molecular formula is C24H33N3O3. The molecule has 0 aliphatic carbocycles. The largest absolute Gasteiger partial charge is 0.493 e. The van der Waals surface area contributed by atoms with Crippen molar-refractivity contribution in [3.8, 4) is 5.75 Å². The summed E-state index contributed by atoms with van der Waals surface area (Å²) in [5.41, 5.74) is 1.75. The summed E-state index contributed by atoms with van der Waals surface area (Å²) in [6.07, 6.45) is 4.95. The first-order valence-electron chi connectivity index (χ1n) is 11.6. The van der Waals surface area contributed by atoms with Crippen LogP contribution in [0.25, 0.3) is 0 Å². The summed E-state index contributed by atoms with van der Waals surface area (Å²) in [6, 6.07) is 6.34. The van der Waals surface area contributed by atoms with Gasteiger partial charge in [0.2, 0.25) is 5.91 Å². The lowest BCUT2D eigenvalue weighted by molar-refractivity contribution is -0.123. The van der Waals surface area contributed by atoms with Crippen LogP contribution in [0, 0.1) is 11.8 Å². The molecule has 0 saturated carbocycles. The van der Waals surface area contributed by atoms with E-state index < -0.39 is 0 Å². The van der Waals surface area contributed by atoms with Gasteiger partial charge in [0.15, 0.2) is 0 Å². The highest BCUT2D eigenvalue weighted by molar-refractivity contribution is 5.95. The molecule has 1 aromatic carbocycles. The smallest absolute Gasteiger partial charge is 0.253 e. The Morgan fingerprint density at radius 3 is 2.87 bits per heavy atom. The first-order chi connectivity index (χ1) is 14.5. The number of carbonyl (C=O) groups is 2. The fourth-order valence-corrected chi connectivity index (χ4v) is 6.16. The van der Waals surface area contributed by atoms with Crippen molar-refractivity contribution in [2.75, 3.05) is 32.8 Å². The maximum Gasteiger partial charge on any atom is 0.253 e. The number of amides is 2. The molecule has 30 heavy (non-hydrogen) atoms. The van der Waals surface area contributed by atoms with Crippen LogP contribution in [0.4, 0.5) is 0 Å². The van der Waals surface area contributed by atoms with Crippen LogP contribution in [0.15, 0.2) is 18.2 Å². The summed E-state index contributed by atoms with van der Waals surface area (Å²) < 4.78 is 5.56. The Morgan fingerprint density at radius 1 is 1.30 bits per heavy atom. The van der Waals surface area contributed by atoms with Crippen LogP contribution < -0.4 is 10.1 Å². The summed E-state index contributed by atoms with van der Waals surface area (Å²) in [4.78, 5) is 30.4. The Balaban J connectivity index is 1.26. The summed E-state index contributed by atoms with van der Waals surface area (Å²) >= 11 is 0. The minimum atomic E-state index is -0.134. The maximum atomic E-state index is 13.1. The number of nitrogens with one attached hydrogen (secondary N) is 1. The highest BCUT2D eigenvalue weighted by atomic mass is 16.5. The van der Waals surface area contributed by atoms with Crippen LogP contribution in [-0.2, 0) is 11.2 Å². The van der Waals surface area contributed by atoms with Gasteiger partial charge < -0.3 is 15.0 Å². The quantitative estimate of drug-likeness (QED) is 0.827. The summed E-state index contributed by atoms with van der Waals surface area (Å²) in [6.45, 7) is 8.53. The third-order valence-electron chi connectivity index (χ3n) is 7.98. The van der Waals surface area contributed by atoms with E-state index in [1.807, 2.05) is 23.1 Å². The lowest BCUT2D eigenvalue weighted by Gasteiger charge is -2.43. The molecule has 0 radical (unpaired) electrons. The average molecular weight is 412 g/mol. The van der Waals surface area contributed by atoms with Crippen molar-refractivity contribution < 1.29 is 14.3 Å². The van der Waals surface area contributed by atoms with Crippen molar-refractivity contribution in [2.24, 2.45) is 11.8 Å². The summed E-state index contributed by atoms with van der Waals surface area (Å²) in [5.74, 6) is 1.73. The number of likely N-dealkylation sites (tertiary alicyclic amines) is 2. The van der Waals surface area contributed by atoms with E-state index in [1.54, 1.807) is 0 Å². The molecular weight excluding hydrogens is 378 g/mol. The fraction of sp³-hybridized carbons (Fsp3) is 0.667. The molecule has 1 N–H and O–H groups in total. The SMILES string of the molecule is CCC[C@@H](C)N1C[C@H]2C(=O)NC3(CCN(C(=O)c4ccc5c(c4)CCO5)CC3)[C@H]2C1. The highest BCUT2D eigenvalue weighted by Gasteiger charge is 2.57. The van der Waals surface area contributed by atoms with Crippen molar-refractivity contribution in [3.05, 3.63) is 29.3 Å². The predicted octanol–water partition coefficient (Wildman–Crippen LogP) is 2.46. The normalized spacial score (nSPS) is 28.2. The Labute approximate surface area is 178 Å². The zero-order valence-electron chi connectivity index (χ0n) is 18.2. The molecule has 0 aromatic heterocycles. The Hall–Kier alpha value is -2.08. The van der Waals surface area contributed by atoms with Gasteiger partial charge in [0.1, 0.15) is 5.75 Å². The second-order valence-electron chi connectivity index (χ2n) is 9.66. The van der Waals surface area contributed by atoms with Crippen LogP contribution in [-0.4, -0.2) is 66.0 Å². The first kappa shape index (κ1) is 19.9. The van der Waals surface area contributed by atoms with E-state index in [2.05, 4.69) is 24.1 Å². The number of fused-ring (bicyclic) bond motifs is 3. The second-order valence-corrected chi connectivity index (χ2v) is 9.66. The minimum absolute atomic E-state index is 0.102. The van der Waals surface area contributed by atoms with Crippen molar-refractivity contribution in [3.63, 3.8) is 0 Å². The van der Waals surface area contributed by atoms with E-state index in [9.17, 15) is 9.59 Å². The average Bonchev–Trinajstić information content (AvgIpc) is 3.45. The van der Waals surface area contributed by atoms with E-state index >= 15 is 0 Å². The topological polar surface area (TPSA) is 61.9 Å². The maximum absolute atomic E-state index is 13.1. The van der Waals surface area contributed by atoms with Gasteiger partial charge in [-0.15, -0.1) is 0 Å². The Bertz CT molecular complexity index is 846. The van der Waals surface area contributed by atoms with Crippen LogP contribution in [0.2, 0.25) is 0 Å². The van der Waals surface area contributed by atoms with Crippen LogP contribution in [0.1, 0.15) is 55.5 Å². The molecule has 2 amide bonds. The zero-order chi connectivity index (χ0) is 20.9. The highest BCUT2D eigenvalue weighted by Crippen LogP contribution is 2.44. The van der Waals surface area contributed by atoms with Gasteiger partial charge in [0, 0.05) is 55.7 Å².